The third-order valence-electron chi connectivity index (χ3n) is 3.75. The van der Waals surface area contributed by atoms with E-state index in [0.29, 0.717) is 22.9 Å². The Kier molecular flexibility index (Phi) is 3.84. The van der Waals surface area contributed by atoms with Gasteiger partial charge in [0.25, 0.3) is 5.91 Å². The van der Waals surface area contributed by atoms with Crippen molar-refractivity contribution in [3.63, 3.8) is 0 Å². The second kappa shape index (κ2) is 5.63. The predicted octanol–water partition coefficient (Wildman–Crippen LogP) is 2.84. The Balaban J connectivity index is 1.73. The van der Waals surface area contributed by atoms with Crippen LogP contribution in [-0.2, 0) is 0 Å². The lowest BCUT2D eigenvalue weighted by Gasteiger charge is -2.17. The maximum Gasteiger partial charge on any atom is 0.289 e. The van der Waals surface area contributed by atoms with Gasteiger partial charge in [0.2, 0.25) is 0 Å². The highest BCUT2D eigenvalue weighted by Crippen LogP contribution is 2.27. The van der Waals surface area contributed by atoms with Gasteiger partial charge in [0, 0.05) is 19.0 Å². The van der Waals surface area contributed by atoms with E-state index in [0.717, 1.165) is 18.8 Å². The first-order valence-corrected chi connectivity index (χ1v) is 7.79. The monoisotopic (exact) mass is 352 g/mol. The Morgan fingerprint density at radius 2 is 2.29 bits per heavy atom. The van der Waals surface area contributed by atoms with Crippen LogP contribution in [0.1, 0.15) is 48.6 Å². The van der Waals surface area contributed by atoms with E-state index in [-0.39, 0.29) is 11.9 Å². The van der Waals surface area contributed by atoms with Crippen LogP contribution in [0.3, 0.4) is 0 Å². The largest absolute Gasteiger partial charge is 0.444 e. The van der Waals surface area contributed by atoms with Crippen molar-refractivity contribution in [3.05, 3.63) is 34.7 Å². The minimum absolute atomic E-state index is 0.0672. The molecular weight excluding hydrogens is 336 g/mol. The molecule has 0 saturated carbocycles. The molecule has 7 heteroatoms. The first-order chi connectivity index (χ1) is 10.1. The van der Waals surface area contributed by atoms with Crippen molar-refractivity contribution < 1.29 is 9.21 Å². The van der Waals surface area contributed by atoms with Crippen LogP contribution in [0.4, 0.5) is 0 Å². The molecule has 0 aromatic carbocycles. The molecule has 0 radical (unpaired) electrons. The Labute approximate surface area is 131 Å². The molecule has 1 saturated heterocycles. The number of hydrogen-bond acceptors (Lipinski definition) is 4. The number of amides is 1. The van der Waals surface area contributed by atoms with Crippen LogP contribution in [0.5, 0.6) is 0 Å². The van der Waals surface area contributed by atoms with E-state index in [9.17, 15) is 4.79 Å². The van der Waals surface area contributed by atoms with E-state index in [1.807, 2.05) is 4.90 Å². The molecule has 3 heterocycles. The normalized spacial score (nSPS) is 18.7. The summed E-state index contributed by atoms with van der Waals surface area (Å²) in [6, 6.07) is 3.66. The van der Waals surface area contributed by atoms with Crippen LogP contribution in [0.2, 0.25) is 0 Å². The minimum atomic E-state index is -0.0672. The van der Waals surface area contributed by atoms with Crippen molar-refractivity contribution in [2.24, 2.45) is 0 Å². The van der Waals surface area contributed by atoms with Crippen LogP contribution >= 0.6 is 15.9 Å². The molecular formula is C14H17BrN4O2. The van der Waals surface area contributed by atoms with Gasteiger partial charge in [-0.1, -0.05) is 13.8 Å². The molecule has 1 aliphatic rings. The molecule has 112 valence electrons. The second-order valence-corrected chi connectivity index (χ2v) is 6.33. The summed E-state index contributed by atoms with van der Waals surface area (Å²) in [4.78, 5) is 14.2. The Morgan fingerprint density at radius 3 is 2.95 bits per heavy atom. The molecule has 1 amide bonds. The van der Waals surface area contributed by atoms with Crippen molar-refractivity contribution in [1.29, 1.82) is 0 Å². The predicted molar refractivity (Wildman–Crippen MR) is 80.1 cm³/mol. The zero-order valence-corrected chi connectivity index (χ0v) is 13.6. The summed E-state index contributed by atoms with van der Waals surface area (Å²) < 4.78 is 8.00. The number of likely N-dealkylation sites (tertiary alicyclic amines) is 1. The van der Waals surface area contributed by atoms with Gasteiger partial charge in [-0.15, -0.1) is 10.2 Å². The molecule has 1 atom stereocenters. The van der Waals surface area contributed by atoms with Crippen LogP contribution in [0, 0.1) is 0 Å². The summed E-state index contributed by atoms with van der Waals surface area (Å²) >= 11 is 3.22. The minimum Gasteiger partial charge on any atom is -0.444 e. The van der Waals surface area contributed by atoms with Crippen LogP contribution in [-0.4, -0.2) is 38.7 Å². The molecule has 6 nitrogen and oxygen atoms in total. The zero-order valence-electron chi connectivity index (χ0n) is 12.0. The quantitative estimate of drug-likeness (QED) is 0.851. The van der Waals surface area contributed by atoms with Gasteiger partial charge in [0.15, 0.2) is 10.4 Å². The highest BCUT2D eigenvalue weighted by molar-refractivity contribution is 9.10. The SMILES string of the molecule is CC(C)c1nncn1C1CCN(C(=O)c2ccc(Br)o2)C1. The highest BCUT2D eigenvalue weighted by Gasteiger charge is 2.31. The molecule has 0 bridgehead atoms. The van der Waals surface area contributed by atoms with Crippen molar-refractivity contribution >= 4 is 21.8 Å². The highest BCUT2D eigenvalue weighted by atomic mass is 79.9. The molecule has 1 unspecified atom stereocenters. The van der Waals surface area contributed by atoms with Crippen molar-refractivity contribution in [1.82, 2.24) is 19.7 Å². The molecule has 1 aliphatic heterocycles. The van der Waals surface area contributed by atoms with Gasteiger partial charge in [-0.3, -0.25) is 4.79 Å². The summed E-state index contributed by atoms with van der Waals surface area (Å²) in [6.45, 7) is 5.57. The van der Waals surface area contributed by atoms with Crippen LogP contribution in [0.25, 0.3) is 0 Å². The van der Waals surface area contributed by atoms with Gasteiger partial charge in [0.1, 0.15) is 12.2 Å². The molecule has 3 rings (SSSR count). The average molecular weight is 353 g/mol. The van der Waals surface area contributed by atoms with Gasteiger partial charge in [-0.25, -0.2) is 0 Å². The summed E-state index contributed by atoms with van der Waals surface area (Å²) in [5.74, 6) is 1.59. The summed E-state index contributed by atoms with van der Waals surface area (Å²) in [5, 5.41) is 8.18. The maximum atomic E-state index is 12.4. The first-order valence-electron chi connectivity index (χ1n) is 7.00. The fraction of sp³-hybridized carbons (Fsp3) is 0.500. The van der Waals surface area contributed by atoms with Crippen molar-refractivity contribution in [2.45, 2.75) is 32.2 Å². The summed E-state index contributed by atoms with van der Waals surface area (Å²) in [5.41, 5.74) is 0. The first kappa shape index (κ1) is 14.3. The lowest BCUT2D eigenvalue weighted by molar-refractivity contribution is 0.0754. The molecule has 1 fully saturated rings. The third kappa shape index (κ3) is 2.74. The van der Waals surface area contributed by atoms with E-state index in [4.69, 9.17) is 4.42 Å². The lowest BCUT2D eigenvalue weighted by atomic mass is 10.2. The number of nitrogens with zero attached hydrogens (tertiary/aromatic N) is 4. The Hall–Kier alpha value is -1.63. The Bertz CT molecular complexity index is 649. The number of rotatable bonds is 3. The van der Waals surface area contributed by atoms with Gasteiger partial charge < -0.3 is 13.9 Å². The molecule has 0 spiro atoms. The van der Waals surface area contributed by atoms with Crippen molar-refractivity contribution in [2.75, 3.05) is 13.1 Å². The topological polar surface area (TPSA) is 64.2 Å². The molecule has 0 N–H and O–H groups in total. The summed E-state index contributed by atoms with van der Waals surface area (Å²) in [6.07, 6.45) is 2.67. The van der Waals surface area contributed by atoms with Gasteiger partial charge >= 0.3 is 0 Å². The number of furan rings is 1. The van der Waals surface area contributed by atoms with E-state index in [1.165, 1.54) is 0 Å². The van der Waals surface area contributed by atoms with E-state index < -0.39 is 0 Å². The molecule has 2 aromatic rings. The van der Waals surface area contributed by atoms with Gasteiger partial charge in [-0.05, 0) is 34.5 Å². The lowest BCUT2D eigenvalue weighted by Crippen LogP contribution is -2.29. The van der Waals surface area contributed by atoms with Gasteiger partial charge in [-0.2, -0.15) is 0 Å². The van der Waals surface area contributed by atoms with E-state index >= 15 is 0 Å². The fourth-order valence-corrected chi connectivity index (χ4v) is 2.99. The van der Waals surface area contributed by atoms with E-state index in [2.05, 4.69) is 44.5 Å². The zero-order chi connectivity index (χ0) is 15.0. The maximum absolute atomic E-state index is 12.4. The van der Waals surface area contributed by atoms with Crippen LogP contribution in [0.15, 0.2) is 27.5 Å². The third-order valence-corrected chi connectivity index (χ3v) is 4.17. The smallest absolute Gasteiger partial charge is 0.289 e. The molecule has 21 heavy (non-hydrogen) atoms. The number of hydrogen-bond donors (Lipinski definition) is 0. The number of carbonyl (C=O) groups excluding carboxylic acids is 1. The summed E-state index contributed by atoms with van der Waals surface area (Å²) in [7, 11) is 0. The number of carbonyl (C=O) groups is 1. The van der Waals surface area contributed by atoms with Crippen LogP contribution < -0.4 is 0 Å². The molecule has 2 aromatic heterocycles. The van der Waals surface area contributed by atoms with Gasteiger partial charge in [0.05, 0.1) is 6.04 Å². The fourth-order valence-electron chi connectivity index (χ4n) is 2.68. The van der Waals surface area contributed by atoms with Crippen molar-refractivity contribution in [3.8, 4) is 0 Å². The van der Waals surface area contributed by atoms with E-state index in [1.54, 1.807) is 18.5 Å². The number of halogens is 1. The standard InChI is InChI=1S/C14H17BrN4O2/c1-9(2)13-17-16-8-19(13)10-5-6-18(7-10)14(20)11-3-4-12(15)21-11/h3-4,8-10H,5-7H2,1-2H3. The molecule has 0 aliphatic carbocycles. The second-order valence-electron chi connectivity index (χ2n) is 5.55. The Morgan fingerprint density at radius 1 is 1.48 bits per heavy atom. The number of aromatic nitrogens is 3. The average Bonchev–Trinajstić information content (AvgIpc) is 3.17.